The van der Waals surface area contributed by atoms with Crippen LogP contribution in [-0.4, -0.2) is 4.57 Å². The van der Waals surface area contributed by atoms with Gasteiger partial charge in [0.25, 0.3) is 5.56 Å². The minimum Gasteiger partial charge on any atom is -0.310 e. The van der Waals surface area contributed by atoms with Gasteiger partial charge in [-0.3, -0.25) is 4.79 Å². The lowest BCUT2D eigenvalue weighted by atomic mass is 9.94. The molecule has 1 aliphatic rings. The van der Waals surface area contributed by atoms with Crippen LogP contribution in [0.3, 0.4) is 0 Å². The van der Waals surface area contributed by atoms with Crippen molar-refractivity contribution in [2.24, 2.45) is 0 Å². The summed E-state index contributed by atoms with van der Waals surface area (Å²) in [6.07, 6.45) is 6.12. The smallest absolute Gasteiger partial charge is 0.255 e. The zero-order valence-corrected chi connectivity index (χ0v) is 10.7. The SMILES string of the molecule is Cc1ccc(CS)c(=O)n1C1CCCCC1. The molecule has 0 N–H and O–H groups in total. The minimum absolute atomic E-state index is 0.168. The van der Waals surface area contributed by atoms with Gasteiger partial charge < -0.3 is 4.57 Å². The minimum atomic E-state index is 0.168. The third-order valence-corrected chi connectivity index (χ3v) is 3.85. The Balaban J connectivity index is 2.41. The van der Waals surface area contributed by atoms with Crippen LogP contribution >= 0.6 is 12.6 Å². The Morgan fingerprint density at radius 2 is 2.00 bits per heavy atom. The molecule has 1 saturated carbocycles. The number of aromatic nitrogens is 1. The summed E-state index contributed by atoms with van der Waals surface area (Å²) in [5, 5.41) is 0. The molecule has 3 heteroatoms. The Labute approximate surface area is 102 Å². The molecule has 0 radical (unpaired) electrons. The van der Waals surface area contributed by atoms with Gasteiger partial charge in [-0.15, -0.1) is 0 Å². The quantitative estimate of drug-likeness (QED) is 0.784. The summed E-state index contributed by atoms with van der Waals surface area (Å²) in [5.74, 6) is 0.534. The van der Waals surface area contributed by atoms with E-state index in [0.29, 0.717) is 11.8 Å². The van der Waals surface area contributed by atoms with Gasteiger partial charge in [-0.2, -0.15) is 12.6 Å². The van der Waals surface area contributed by atoms with Crippen LogP contribution < -0.4 is 5.56 Å². The molecule has 1 aliphatic carbocycles. The molecular weight excluding hydrogens is 218 g/mol. The van der Waals surface area contributed by atoms with Gasteiger partial charge in [0, 0.05) is 23.1 Å². The highest BCUT2D eigenvalue weighted by Crippen LogP contribution is 2.27. The van der Waals surface area contributed by atoms with Crippen molar-refractivity contribution in [1.82, 2.24) is 4.57 Å². The molecule has 0 atom stereocenters. The number of thiol groups is 1. The summed E-state index contributed by atoms with van der Waals surface area (Å²) in [6.45, 7) is 2.03. The number of pyridine rings is 1. The molecule has 0 bridgehead atoms. The highest BCUT2D eigenvalue weighted by molar-refractivity contribution is 7.79. The maximum Gasteiger partial charge on any atom is 0.255 e. The van der Waals surface area contributed by atoms with Crippen LogP contribution in [0.15, 0.2) is 16.9 Å². The molecule has 2 rings (SSSR count). The summed E-state index contributed by atoms with van der Waals surface area (Å²) < 4.78 is 1.99. The highest BCUT2D eigenvalue weighted by atomic mass is 32.1. The summed E-state index contributed by atoms with van der Waals surface area (Å²) in [6, 6.07) is 4.37. The molecular formula is C13H19NOS. The Kier molecular flexibility index (Phi) is 3.74. The van der Waals surface area contributed by atoms with E-state index in [-0.39, 0.29) is 5.56 Å². The van der Waals surface area contributed by atoms with E-state index >= 15 is 0 Å². The topological polar surface area (TPSA) is 22.0 Å². The van der Waals surface area contributed by atoms with Crippen molar-refractivity contribution in [3.63, 3.8) is 0 Å². The van der Waals surface area contributed by atoms with Gasteiger partial charge in [-0.05, 0) is 25.8 Å². The Hall–Kier alpha value is -0.700. The molecule has 88 valence electrons. The van der Waals surface area contributed by atoms with Crippen LogP contribution in [0.5, 0.6) is 0 Å². The zero-order valence-electron chi connectivity index (χ0n) is 9.78. The molecule has 0 amide bonds. The van der Waals surface area contributed by atoms with E-state index in [1.54, 1.807) is 0 Å². The van der Waals surface area contributed by atoms with Crippen LogP contribution in [-0.2, 0) is 5.75 Å². The third-order valence-electron chi connectivity index (χ3n) is 3.51. The van der Waals surface area contributed by atoms with Gasteiger partial charge in [-0.25, -0.2) is 0 Å². The maximum absolute atomic E-state index is 12.2. The molecule has 0 aromatic carbocycles. The van der Waals surface area contributed by atoms with Crippen LogP contribution in [0.2, 0.25) is 0 Å². The number of hydrogen-bond acceptors (Lipinski definition) is 2. The Bertz CT molecular complexity index is 418. The third kappa shape index (κ3) is 2.19. The number of nitrogens with zero attached hydrogens (tertiary/aromatic N) is 1. The highest BCUT2D eigenvalue weighted by Gasteiger charge is 2.18. The predicted molar refractivity (Wildman–Crippen MR) is 70.3 cm³/mol. The van der Waals surface area contributed by atoms with Crippen LogP contribution in [0.1, 0.15) is 49.4 Å². The van der Waals surface area contributed by atoms with Crippen molar-refractivity contribution in [1.29, 1.82) is 0 Å². The van der Waals surface area contributed by atoms with E-state index in [2.05, 4.69) is 12.6 Å². The fourth-order valence-corrected chi connectivity index (χ4v) is 2.84. The second-order valence-electron chi connectivity index (χ2n) is 4.63. The first kappa shape index (κ1) is 11.8. The summed E-state index contributed by atoms with van der Waals surface area (Å²) >= 11 is 4.21. The second kappa shape index (κ2) is 5.09. The van der Waals surface area contributed by atoms with E-state index in [9.17, 15) is 4.79 Å². The van der Waals surface area contributed by atoms with Crippen molar-refractivity contribution >= 4 is 12.6 Å². The normalized spacial score (nSPS) is 17.6. The fraction of sp³-hybridized carbons (Fsp3) is 0.615. The first-order valence-electron chi connectivity index (χ1n) is 6.06. The van der Waals surface area contributed by atoms with Crippen LogP contribution in [0.25, 0.3) is 0 Å². The molecule has 1 heterocycles. The van der Waals surface area contributed by atoms with E-state index in [0.717, 1.165) is 24.1 Å². The lowest BCUT2D eigenvalue weighted by Crippen LogP contribution is -2.30. The summed E-state index contributed by atoms with van der Waals surface area (Å²) in [5.41, 5.74) is 2.07. The van der Waals surface area contributed by atoms with Crippen molar-refractivity contribution in [2.75, 3.05) is 0 Å². The molecule has 0 aliphatic heterocycles. The van der Waals surface area contributed by atoms with Crippen molar-refractivity contribution in [3.05, 3.63) is 33.7 Å². The molecule has 0 unspecified atom stereocenters. The second-order valence-corrected chi connectivity index (χ2v) is 4.94. The first-order chi connectivity index (χ1) is 7.74. The number of aryl methyl sites for hydroxylation is 1. The van der Waals surface area contributed by atoms with Gasteiger partial charge in [-0.1, -0.05) is 25.3 Å². The monoisotopic (exact) mass is 237 g/mol. The van der Waals surface area contributed by atoms with Crippen LogP contribution in [0, 0.1) is 6.92 Å². The molecule has 16 heavy (non-hydrogen) atoms. The van der Waals surface area contributed by atoms with Crippen LogP contribution in [0.4, 0.5) is 0 Å². The zero-order chi connectivity index (χ0) is 11.5. The molecule has 1 aromatic rings. The van der Waals surface area contributed by atoms with Crippen molar-refractivity contribution < 1.29 is 0 Å². The Morgan fingerprint density at radius 1 is 1.31 bits per heavy atom. The molecule has 0 saturated heterocycles. The molecule has 0 spiro atoms. The van der Waals surface area contributed by atoms with Crippen molar-refractivity contribution in [2.45, 2.75) is 50.8 Å². The average Bonchev–Trinajstić information content (AvgIpc) is 2.31. The summed E-state index contributed by atoms with van der Waals surface area (Å²) in [4.78, 5) is 12.2. The lowest BCUT2D eigenvalue weighted by Gasteiger charge is -2.26. The van der Waals surface area contributed by atoms with E-state index in [1.807, 2.05) is 23.6 Å². The average molecular weight is 237 g/mol. The van der Waals surface area contributed by atoms with Crippen molar-refractivity contribution in [3.8, 4) is 0 Å². The fourth-order valence-electron chi connectivity index (χ4n) is 2.60. The largest absolute Gasteiger partial charge is 0.310 e. The molecule has 1 aromatic heterocycles. The lowest BCUT2D eigenvalue weighted by molar-refractivity contribution is 0.341. The molecule has 1 fully saturated rings. The van der Waals surface area contributed by atoms with E-state index in [1.165, 1.54) is 19.3 Å². The standard InChI is InChI=1S/C13H19NOS/c1-10-7-8-11(9-16)13(15)14(10)12-5-3-2-4-6-12/h7-8,12,16H,2-6,9H2,1H3. The van der Waals surface area contributed by atoms with Gasteiger partial charge in [0.15, 0.2) is 0 Å². The first-order valence-corrected chi connectivity index (χ1v) is 6.69. The van der Waals surface area contributed by atoms with Gasteiger partial charge in [0.2, 0.25) is 0 Å². The Morgan fingerprint density at radius 3 is 2.62 bits per heavy atom. The predicted octanol–water partition coefficient (Wildman–Crippen LogP) is 3.09. The van der Waals surface area contributed by atoms with Gasteiger partial charge in [0.1, 0.15) is 0 Å². The maximum atomic E-state index is 12.2. The molecule has 2 nitrogen and oxygen atoms in total. The number of rotatable bonds is 2. The van der Waals surface area contributed by atoms with E-state index < -0.39 is 0 Å². The number of hydrogen-bond donors (Lipinski definition) is 1. The van der Waals surface area contributed by atoms with Gasteiger partial charge in [0.05, 0.1) is 0 Å². The summed E-state index contributed by atoms with van der Waals surface area (Å²) in [7, 11) is 0. The van der Waals surface area contributed by atoms with Gasteiger partial charge >= 0.3 is 0 Å². The van der Waals surface area contributed by atoms with E-state index in [4.69, 9.17) is 0 Å².